The molecule has 5 nitrogen and oxygen atoms in total. The van der Waals surface area contributed by atoms with E-state index in [-0.39, 0.29) is 12.5 Å². The number of aryl methyl sites for hydroxylation is 1. The van der Waals surface area contributed by atoms with Gasteiger partial charge in [0.05, 0.1) is 23.9 Å². The van der Waals surface area contributed by atoms with E-state index >= 15 is 0 Å². The molecule has 1 amide bonds. The highest BCUT2D eigenvalue weighted by atomic mass is 32.2. The highest BCUT2D eigenvalue weighted by molar-refractivity contribution is 8.14. The van der Waals surface area contributed by atoms with Crippen molar-refractivity contribution in [2.24, 2.45) is 4.99 Å². The average molecular weight is 358 g/mol. The monoisotopic (exact) mass is 358 g/mol. The predicted molar refractivity (Wildman–Crippen MR) is 99.3 cm³/mol. The minimum absolute atomic E-state index is 0.00336. The summed E-state index contributed by atoms with van der Waals surface area (Å²) in [6.07, 6.45) is 1.39. The third-order valence-corrected chi connectivity index (χ3v) is 5.36. The normalized spacial score (nSPS) is 20.3. The summed E-state index contributed by atoms with van der Waals surface area (Å²) < 4.78 is 5.25. The first-order chi connectivity index (χ1) is 12.1. The summed E-state index contributed by atoms with van der Waals surface area (Å²) >= 11 is 1.56. The molecule has 0 N–H and O–H groups in total. The highest BCUT2D eigenvalue weighted by Gasteiger charge is 2.41. The zero-order valence-electron chi connectivity index (χ0n) is 14.7. The van der Waals surface area contributed by atoms with Crippen molar-refractivity contribution >= 4 is 28.8 Å². The van der Waals surface area contributed by atoms with Crippen LogP contribution in [0.3, 0.4) is 0 Å². The molecule has 1 saturated heterocycles. The Bertz CT molecular complexity index is 752. The molecule has 0 unspecified atom stereocenters. The number of benzene rings is 1. The third kappa shape index (κ3) is 3.35. The number of amides is 1. The second-order valence-corrected chi connectivity index (χ2v) is 7.04. The van der Waals surface area contributed by atoms with E-state index < -0.39 is 12.0 Å². The molecule has 2 aliphatic heterocycles. The van der Waals surface area contributed by atoms with Gasteiger partial charge in [-0.05, 0) is 31.4 Å². The largest absolute Gasteiger partial charge is 0.463 e. The Morgan fingerprint density at radius 2 is 2.04 bits per heavy atom. The van der Waals surface area contributed by atoms with Crippen molar-refractivity contribution < 1.29 is 14.3 Å². The van der Waals surface area contributed by atoms with E-state index in [0.717, 1.165) is 17.7 Å². The number of carbonyl (C=O) groups excluding carboxylic acids is 2. The zero-order chi connectivity index (χ0) is 18.0. The Morgan fingerprint density at radius 1 is 1.32 bits per heavy atom. The van der Waals surface area contributed by atoms with Gasteiger partial charge in [0.2, 0.25) is 5.91 Å². The van der Waals surface area contributed by atoms with E-state index in [0.29, 0.717) is 22.9 Å². The summed E-state index contributed by atoms with van der Waals surface area (Å²) in [6.45, 7) is 5.97. The Hall–Kier alpha value is -2.08. The molecule has 1 fully saturated rings. The van der Waals surface area contributed by atoms with Crippen LogP contribution < -0.4 is 0 Å². The molecule has 0 bridgehead atoms. The topological polar surface area (TPSA) is 59.0 Å². The second-order valence-electron chi connectivity index (χ2n) is 5.97. The Kier molecular flexibility index (Phi) is 5.27. The standard InChI is InChI=1S/C19H22N2O3S/c1-4-13-6-8-14(9-7-13)17-16(18(23)24-5-2)12(3)20-19-21(17)15(22)10-11-25-19/h6-9,17H,4-5,10-11H2,1-3H3/t17-/m0/s1. The smallest absolute Gasteiger partial charge is 0.338 e. The number of thioether (sulfide) groups is 1. The quantitative estimate of drug-likeness (QED) is 0.774. The van der Waals surface area contributed by atoms with Gasteiger partial charge in [-0.25, -0.2) is 9.79 Å². The molecule has 1 atom stereocenters. The lowest BCUT2D eigenvalue weighted by molar-refractivity contribution is -0.139. The second kappa shape index (κ2) is 7.44. The van der Waals surface area contributed by atoms with Crippen LogP contribution in [-0.4, -0.2) is 34.3 Å². The fourth-order valence-corrected chi connectivity index (χ4v) is 4.12. The molecule has 1 aromatic rings. The fraction of sp³-hybridized carbons (Fsp3) is 0.421. The number of carbonyl (C=O) groups is 2. The number of hydrogen-bond acceptors (Lipinski definition) is 5. The lowest BCUT2D eigenvalue weighted by atomic mass is 9.93. The Labute approximate surface area is 152 Å². The molecule has 2 aliphatic rings. The van der Waals surface area contributed by atoms with Crippen molar-refractivity contribution in [3.8, 4) is 0 Å². The van der Waals surface area contributed by atoms with Crippen molar-refractivity contribution in [3.05, 3.63) is 46.7 Å². The third-order valence-electron chi connectivity index (χ3n) is 4.41. The summed E-state index contributed by atoms with van der Waals surface area (Å²) in [4.78, 5) is 31.4. The molecule has 0 saturated carbocycles. The van der Waals surface area contributed by atoms with Gasteiger partial charge in [-0.3, -0.25) is 9.69 Å². The van der Waals surface area contributed by atoms with Crippen molar-refractivity contribution in [3.63, 3.8) is 0 Å². The summed E-state index contributed by atoms with van der Waals surface area (Å²) in [5.41, 5.74) is 3.19. The van der Waals surface area contributed by atoms with Gasteiger partial charge in [0.15, 0.2) is 5.17 Å². The molecule has 2 heterocycles. The number of esters is 1. The molecule has 0 aliphatic carbocycles. The first kappa shape index (κ1) is 17.7. The minimum Gasteiger partial charge on any atom is -0.463 e. The molecular formula is C19H22N2O3S. The van der Waals surface area contributed by atoms with Gasteiger partial charge >= 0.3 is 5.97 Å². The average Bonchev–Trinajstić information content (AvgIpc) is 2.61. The number of amidine groups is 1. The van der Waals surface area contributed by atoms with Gasteiger partial charge in [-0.15, -0.1) is 0 Å². The van der Waals surface area contributed by atoms with E-state index in [4.69, 9.17) is 4.74 Å². The Morgan fingerprint density at radius 3 is 2.68 bits per heavy atom. The maximum Gasteiger partial charge on any atom is 0.338 e. The van der Waals surface area contributed by atoms with E-state index in [2.05, 4.69) is 11.9 Å². The lowest BCUT2D eigenvalue weighted by Gasteiger charge is -2.38. The Balaban J connectivity index is 2.11. The number of rotatable bonds is 4. The van der Waals surface area contributed by atoms with Gasteiger partial charge in [0.25, 0.3) is 0 Å². The number of fused-ring (bicyclic) bond motifs is 1. The highest BCUT2D eigenvalue weighted by Crippen LogP contribution is 2.40. The van der Waals surface area contributed by atoms with Crippen LogP contribution in [0.15, 0.2) is 40.5 Å². The van der Waals surface area contributed by atoms with E-state index in [9.17, 15) is 9.59 Å². The SMILES string of the molecule is CCOC(=O)C1=C(C)N=C2SCCC(=O)N2[C@H]1c1ccc(CC)cc1. The molecule has 0 radical (unpaired) electrons. The molecule has 25 heavy (non-hydrogen) atoms. The number of nitrogens with zero attached hydrogens (tertiary/aromatic N) is 2. The molecule has 6 heteroatoms. The first-order valence-electron chi connectivity index (χ1n) is 8.57. The number of ether oxygens (including phenoxy) is 1. The summed E-state index contributed by atoms with van der Waals surface area (Å²) in [6, 6.07) is 7.59. The molecular weight excluding hydrogens is 336 g/mol. The van der Waals surface area contributed by atoms with Crippen LogP contribution in [-0.2, 0) is 20.7 Å². The van der Waals surface area contributed by atoms with Crippen LogP contribution in [0.1, 0.15) is 44.4 Å². The van der Waals surface area contributed by atoms with Crippen LogP contribution in [0.4, 0.5) is 0 Å². The van der Waals surface area contributed by atoms with Gasteiger partial charge in [-0.1, -0.05) is 43.0 Å². The van der Waals surface area contributed by atoms with Crippen molar-refractivity contribution in [2.75, 3.05) is 12.4 Å². The molecule has 1 aromatic carbocycles. The van der Waals surface area contributed by atoms with Crippen LogP contribution in [0.2, 0.25) is 0 Å². The summed E-state index contributed by atoms with van der Waals surface area (Å²) in [5, 5.41) is 0.673. The number of hydrogen-bond donors (Lipinski definition) is 0. The molecule has 132 valence electrons. The molecule has 0 spiro atoms. The van der Waals surface area contributed by atoms with Gasteiger partial charge < -0.3 is 4.74 Å². The van der Waals surface area contributed by atoms with Gasteiger partial charge in [-0.2, -0.15) is 0 Å². The summed E-state index contributed by atoms with van der Waals surface area (Å²) in [7, 11) is 0. The van der Waals surface area contributed by atoms with E-state index in [1.807, 2.05) is 31.2 Å². The van der Waals surface area contributed by atoms with E-state index in [1.165, 1.54) is 5.56 Å². The van der Waals surface area contributed by atoms with E-state index in [1.54, 1.807) is 23.6 Å². The first-order valence-corrected chi connectivity index (χ1v) is 9.55. The number of aliphatic imine (C=N–C) groups is 1. The van der Waals surface area contributed by atoms with Crippen molar-refractivity contribution in [2.45, 2.75) is 39.7 Å². The predicted octanol–water partition coefficient (Wildman–Crippen LogP) is 3.46. The fourth-order valence-electron chi connectivity index (χ4n) is 3.12. The van der Waals surface area contributed by atoms with Crippen molar-refractivity contribution in [1.82, 2.24) is 4.90 Å². The maximum absolute atomic E-state index is 12.6. The molecule has 0 aromatic heterocycles. The lowest BCUT2D eigenvalue weighted by Crippen LogP contribution is -2.45. The number of allylic oxidation sites excluding steroid dienone is 1. The summed E-state index contributed by atoms with van der Waals surface area (Å²) in [5.74, 6) is 0.310. The zero-order valence-corrected chi connectivity index (χ0v) is 15.6. The van der Waals surface area contributed by atoms with Crippen LogP contribution >= 0.6 is 11.8 Å². The van der Waals surface area contributed by atoms with Gasteiger partial charge in [0, 0.05) is 12.2 Å². The molecule has 3 rings (SSSR count). The van der Waals surface area contributed by atoms with Crippen molar-refractivity contribution in [1.29, 1.82) is 0 Å². The van der Waals surface area contributed by atoms with Crippen LogP contribution in [0.25, 0.3) is 0 Å². The minimum atomic E-state index is -0.474. The van der Waals surface area contributed by atoms with Crippen LogP contribution in [0.5, 0.6) is 0 Å². The maximum atomic E-state index is 12.6. The van der Waals surface area contributed by atoms with Gasteiger partial charge in [0.1, 0.15) is 0 Å². The van der Waals surface area contributed by atoms with Crippen LogP contribution in [0, 0.1) is 0 Å².